The van der Waals surface area contributed by atoms with Gasteiger partial charge < -0.3 is 9.32 Å². The fourth-order valence-electron chi connectivity index (χ4n) is 8.45. The number of nitrogens with zero attached hydrogens (tertiary/aromatic N) is 2. The second kappa shape index (κ2) is 8.80. The minimum atomic E-state index is -0.176. The quantitative estimate of drug-likeness (QED) is 0.192. The topological polar surface area (TPSA) is 19.6 Å². The molecule has 3 nitrogen and oxygen atoms in total. The molecule has 0 bridgehead atoms. The lowest BCUT2D eigenvalue weighted by atomic mass is 9.33. The van der Waals surface area contributed by atoms with Crippen LogP contribution in [0.15, 0.2) is 144 Å². The summed E-state index contributed by atoms with van der Waals surface area (Å²) in [4.78, 5) is 4.79. The summed E-state index contributed by atoms with van der Waals surface area (Å²) in [6.45, 7) is 4.76. The van der Waals surface area contributed by atoms with Crippen molar-refractivity contribution in [1.29, 1.82) is 0 Å². The molecule has 0 N–H and O–H groups in total. The smallest absolute Gasteiger partial charge is 0.257 e. The Morgan fingerprint density at radius 2 is 1.16 bits per heavy atom. The van der Waals surface area contributed by atoms with Crippen LogP contribution in [0.2, 0.25) is 0 Å². The summed E-state index contributed by atoms with van der Waals surface area (Å²) in [7, 11) is 0. The summed E-state index contributed by atoms with van der Waals surface area (Å²) in [6, 6.07) is 50.5. The van der Waals surface area contributed by atoms with Crippen LogP contribution in [0.4, 0.5) is 34.3 Å². The minimum Gasteiger partial charge on any atom is -0.440 e. The molecule has 0 radical (unpaired) electrons. The number of hydrogen-bond donors (Lipinski definition) is 0. The van der Waals surface area contributed by atoms with E-state index in [4.69, 9.17) is 4.42 Å². The van der Waals surface area contributed by atoms with Crippen molar-refractivity contribution in [1.82, 2.24) is 0 Å². The maximum atomic E-state index is 7.07. The molecule has 0 spiro atoms. The van der Waals surface area contributed by atoms with E-state index < -0.39 is 0 Å². The Morgan fingerprint density at radius 3 is 1.93 bits per heavy atom. The first-order valence-corrected chi connectivity index (χ1v) is 15.7. The number of rotatable bonds is 2. The van der Waals surface area contributed by atoms with Gasteiger partial charge in [-0.05, 0) is 81.7 Å². The van der Waals surface area contributed by atoms with E-state index in [1.165, 1.54) is 55.4 Å². The highest BCUT2D eigenvalue weighted by molar-refractivity contribution is 7.01. The van der Waals surface area contributed by atoms with E-state index in [1.807, 2.05) is 0 Å². The van der Waals surface area contributed by atoms with Crippen molar-refractivity contribution in [3.63, 3.8) is 0 Å². The number of benzene rings is 6. The van der Waals surface area contributed by atoms with E-state index in [0.29, 0.717) is 0 Å². The molecule has 0 amide bonds. The number of furan rings is 1. The van der Waals surface area contributed by atoms with Crippen LogP contribution in [0, 0.1) is 0 Å². The molecule has 2 aliphatic heterocycles. The Morgan fingerprint density at radius 1 is 0.533 bits per heavy atom. The third-order valence-corrected chi connectivity index (χ3v) is 10.2. The molecule has 3 heterocycles. The van der Waals surface area contributed by atoms with Crippen LogP contribution in [-0.4, -0.2) is 6.71 Å². The average Bonchev–Trinajstić information content (AvgIpc) is 3.57. The molecular formula is C41H29BN2O. The molecule has 0 fully saturated rings. The van der Waals surface area contributed by atoms with E-state index in [2.05, 4.69) is 163 Å². The van der Waals surface area contributed by atoms with Crippen LogP contribution in [0.25, 0.3) is 22.1 Å². The molecule has 212 valence electrons. The summed E-state index contributed by atoms with van der Waals surface area (Å²) in [6.07, 6.45) is 0. The molecule has 0 saturated carbocycles. The van der Waals surface area contributed by atoms with Gasteiger partial charge in [0.1, 0.15) is 5.58 Å². The van der Waals surface area contributed by atoms with Crippen molar-refractivity contribution in [2.45, 2.75) is 19.3 Å². The van der Waals surface area contributed by atoms with Crippen molar-refractivity contribution in [3.8, 4) is 11.1 Å². The van der Waals surface area contributed by atoms with E-state index in [9.17, 15) is 0 Å². The molecule has 0 saturated heterocycles. The first-order valence-electron chi connectivity index (χ1n) is 15.7. The molecule has 1 aliphatic carbocycles. The summed E-state index contributed by atoms with van der Waals surface area (Å²) >= 11 is 0. The number of fused-ring (bicyclic) bond motifs is 10. The van der Waals surface area contributed by atoms with Gasteiger partial charge in [-0.25, -0.2) is 0 Å². The van der Waals surface area contributed by atoms with Gasteiger partial charge >= 0.3 is 0 Å². The molecule has 7 aromatic rings. The first-order chi connectivity index (χ1) is 22.1. The van der Waals surface area contributed by atoms with Gasteiger partial charge in [0.25, 0.3) is 6.71 Å². The highest BCUT2D eigenvalue weighted by atomic mass is 16.4. The molecule has 10 rings (SSSR count). The van der Waals surface area contributed by atoms with Gasteiger partial charge in [0.15, 0.2) is 0 Å². The van der Waals surface area contributed by atoms with E-state index in [1.54, 1.807) is 0 Å². The lowest BCUT2D eigenvalue weighted by Gasteiger charge is -2.42. The van der Waals surface area contributed by atoms with Crippen molar-refractivity contribution in [3.05, 3.63) is 151 Å². The van der Waals surface area contributed by atoms with Gasteiger partial charge in [-0.3, -0.25) is 4.90 Å². The maximum absolute atomic E-state index is 7.07. The highest BCUT2D eigenvalue weighted by Crippen LogP contribution is 2.53. The predicted molar refractivity (Wildman–Crippen MR) is 188 cm³/mol. The number of para-hydroxylation sites is 3. The Balaban J connectivity index is 1.36. The third-order valence-electron chi connectivity index (χ3n) is 10.2. The SMILES string of the molecule is CC1(C)c2ccccc2-c2ccc3oc4c(c3c21)B1c2ccccc2N(c2ccccc2)c2cccc(c21)N4c1ccccc1. The van der Waals surface area contributed by atoms with Crippen LogP contribution < -0.4 is 26.2 Å². The molecule has 6 aromatic carbocycles. The lowest BCUT2D eigenvalue weighted by molar-refractivity contribution is 0.621. The van der Waals surface area contributed by atoms with Crippen molar-refractivity contribution in [2.75, 3.05) is 9.80 Å². The van der Waals surface area contributed by atoms with Crippen LogP contribution in [0.1, 0.15) is 25.0 Å². The van der Waals surface area contributed by atoms with Gasteiger partial charge in [-0.15, -0.1) is 0 Å². The molecule has 0 atom stereocenters. The van der Waals surface area contributed by atoms with E-state index >= 15 is 0 Å². The summed E-state index contributed by atoms with van der Waals surface area (Å²) in [5, 5.41) is 1.25. The maximum Gasteiger partial charge on any atom is 0.257 e. The zero-order valence-corrected chi connectivity index (χ0v) is 25.2. The van der Waals surface area contributed by atoms with Gasteiger partial charge in [-0.1, -0.05) is 105 Å². The summed E-state index contributed by atoms with van der Waals surface area (Å²) < 4.78 is 7.07. The van der Waals surface area contributed by atoms with Gasteiger partial charge in [0.05, 0.1) is 0 Å². The summed E-state index contributed by atoms with van der Waals surface area (Å²) in [5.74, 6) is 0.911. The van der Waals surface area contributed by atoms with Crippen LogP contribution >= 0.6 is 0 Å². The highest BCUT2D eigenvalue weighted by Gasteiger charge is 2.48. The van der Waals surface area contributed by atoms with Crippen LogP contribution in [-0.2, 0) is 5.41 Å². The van der Waals surface area contributed by atoms with Crippen molar-refractivity contribution in [2.24, 2.45) is 0 Å². The van der Waals surface area contributed by atoms with Crippen molar-refractivity contribution < 1.29 is 4.42 Å². The van der Waals surface area contributed by atoms with Gasteiger partial charge in [0, 0.05) is 44.7 Å². The number of anilines is 6. The molecule has 0 unspecified atom stereocenters. The molecular weight excluding hydrogens is 547 g/mol. The second-order valence-electron chi connectivity index (χ2n) is 12.9. The van der Waals surface area contributed by atoms with Crippen molar-refractivity contribution >= 4 is 68.4 Å². The summed E-state index contributed by atoms with van der Waals surface area (Å²) in [5.41, 5.74) is 15.8. The Hall–Kier alpha value is -5.48. The number of hydrogen-bond acceptors (Lipinski definition) is 3. The lowest BCUT2D eigenvalue weighted by Crippen LogP contribution is -2.61. The minimum absolute atomic E-state index is 0.00888. The van der Waals surface area contributed by atoms with Crippen LogP contribution in [0.5, 0.6) is 0 Å². The average molecular weight is 577 g/mol. The Kier molecular flexibility index (Phi) is 4.87. The molecule has 4 heteroatoms. The fourth-order valence-corrected chi connectivity index (χ4v) is 8.45. The monoisotopic (exact) mass is 576 g/mol. The second-order valence-corrected chi connectivity index (χ2v) is 12.9. The Labute approximate surface area is 263 Å². The zero-order valence-electron chi connectivity index (χ0n) is 25.2. The molecule has 45 heavy (non-hydrogen) atoms. The molecule has 3 aliphatic rings. The van der Waals surface area contributed by atoms with Crippen LogP contribution in [0.3, 0.4) is 0 Å². The van der Waals surface area contributed by atoms with Gasteiger partial charge in [-0.2, -0.15) is 0 Å². The standard InChI is InChI=1S/C41H29BN2O/c1-41(2)30-19-10-9-18-28(30)29-24-25-35-36(37(29)41)39-40(45-35)44(27-16-7-4-8-17-27)34-23-13-22-33-38(34)42(39)31-20-11-12-21-32(31)43(33)26-14-5-3-6-15-26/h3-25H,1-2H3. The normalized spacial score (nSPS) is 14.9. The largest absolute Gasteiger partial charge is 0.440 e. The van der Waals surface area contributed by atoms with E-state index in [-0.39, 0.29) is 12.1 Å². The Bertz CT molecular complexity index is 2320. The van der Waals surface area contributed by atoms with Gasteiger partial charge in [0.2, 0.25) is 5.88 Å². The third kappa shape index (κ3) is 3.16. The zero-order chi connectivity index (χ0) is 29.9. The fraction of sp³-hybridized carbons (Fsp3) is 0.0732. The first kappa shape index (κ1) is 24.9. The predicted octanol–water partition coefficient (Wildman–Crippen LogP) is 8.82. The van der Waals surface area contributed by atoms with E-state index in [0.717, 1.165) is 28.5 Å². The molecule has 1 aromatic heterocycles.